The normalized spacial score (nSPS) is 12.5. The fourth-order valence-electron chi connectivity index (χ4n) is 2.72. The molecule has 3 aromatic carbocycles. The predicted molar refractivity (Wildman–Crippen MR) is 104 cm³/mol. The Labute approximate surface area is 153 Å². The van der Waals surface area contributed by atoms with Crippen molar-refractivity contribution in [1.29, 1.82) is 0 Å². The van der Waals surface area contributed by atoms with Crippen LogP contribution in [0.1, 0.15) is 18.5 Å². The number of urea groups is 1. The number of amides is 2. The van der Waals surface area contributed by atoms with Crippen LogP contribution in [0.4, 0.5) is 10.5 Å². The lowest BCUT2D eigenvalue weighted by Crippen LogP contribution is -2.31. The van der Waals surface area contributed by atoms with Gasteiger partial charge < -0.3 is 10.6 Å². The molecule has 0 aliphatic heterocycles. The van der Waals surface area contributed by atoms with Crippen LogP contribution in [0.15, 0.2) is 71.6 Å². The second-order valence-corrected chi connectivity index (χ2v) is 8.24. The van der Waals surface area contributed by atoms with Crippen molar-refractivity contribution in [3.8, 4) is 0 Å². The van der Waals surface area contributed by atoms with E-state index < -0.39 is 9.84 Å². The van der Waals surface area contributed by atoms with E-state index in [-0.39, 0.29) is 17.0 Å². The maximum absolute atomic E-state index is 12.2. The molecule has 0 aromatic heterocycles. The second kappa shape index (κ2) is 7.17. The fourth-order valence-corrected chi connectivity index (χ4v) is 3.35. The quantitative estimate of drug-likeness (QED) is 0.727. The zero-order chi connectivity index (χ0) is 18.7. The molecule has 1 atom stereocenters. The van der Waals surface area contributed by atoms with Crippen LogP contribution in [0.25, 0.3) is 10.8 Å². The van der Waals surface area contributed by atoms with Crippen LogP contribution in [0.3, 0.4) is 0 Å². The van der Waals surface area contributed by atoms with E-state index in [4.69, 9.17) is 0 Å². The zero-order valence-electron chi connectivity index (χ0n) is 14.6. The number of fused-ring (bicyclic) bond motifs is 1. The molecule has 5 nitrogen and oxygen atoms in total. The smallest absolute Gasteiger partial charge is 0.319 e. The van der Waals surface area contributed by atoms with Gasteiger partial charge in [-0.1, -0.05) is 42.5 Å². The van der Waals surface area contributed by atoms with Gasteiger partial charge in [0.2, 0.25) is 0 Å². The number of rotatable bonds is 4. The van der Waals surface area contributed by atoms with E-state index in [1.165, 1.54) is 6.26 Å². The van der Waals surface area contributed by atoms with Crippen molar-refractivity contribution in [2.45, 2.75) is 17.9 Å². The van der Waals surface area contributed by atoms with Crippen LogP contribution < -0.4 is 10.6 Å². The molecular formula is C20H20N2O3S. The number of carbonyl (C=O) groups is 1. The Hall–Kier alpha value is -2.86. The van der Waals surface area contributed by atoms with Crippen LogP contribution in [0.5, 0.6) is 0 Å². The van der Waals surface area contributed by atoms with Gasteiger partial charge in [-0.3, -0.25) is 0 Å². The van der Waals surface area contributed by atoms with E-state index in [0.717, 1.165) is 16.3 Å². The Morgan fingerprint density at radius 1 is 0.923 bits per heavy atom. The molecule has 1 unspecified atom stereocenters. The monoisotopic (exact) mass is 368 g/mol. The van der Waals surface area contributed by atoms with E-state index in [2.05, 4.69) is 10.6 Å². The molecule has 2 amide bonds. The molecule has 3 rings (SSSR count). The number of anilines is 1. The molecule has 6 heteroatoms. The highest BCUT2D eigenvalue weighted by atomic mass is 32.2. The summed E-state index contributed by atoms with van der Waals surface area (Å²) in [5, 5.41) is 7.84. The summed E-state index contributed by atoms with van der Waals surface area (Å²) in [6.07, 6.45) is 1.17. The highest BCUT2D eigenvalue weighted by molar-refractivity contribution is 7.90. The van der Waals surface area contributed by atoms with Crippen molar-refractivity contribution in [1.82, 2.24) is 5.32 Å². The molecule has 26 heavy (non-hydrogen) atoms. The first-order valence-corrected chi connectivity index (χ1v) is 10.1. The van der Waals surface area contributed by atoms with Gasteiger partial charge in [-0.2, -0.15) is 0 Å². The van der Waals surface area contributed by atoms with Crippen molar-refractivity contribution < 1.29 is 13.2 Å². The van der Waals surface area contributed by atoms with Crippen LogP contribution in [-0.2, 0) is 9.84 Å². The van der Waals surface area contributed by atoms with Gasteiger partial charge >= 0.3 is 6.03 Å². The number of nitrogens with one attached hydrogen (secondary N) is 2. The highest BCUT2D eigenvalue weighted by Gasteiger charge is 2.12. The maximum atomic E-state index is 12.2. The van der Waals surface area contributed by atoms with Crippen molar-refractivity contribution in [3.05, 3.63) is 72.3 Å². The first kappa shape index (κ1) is 17.9. The minimum atomic E-state index is -3.23. The largest absolute Gasteiger partial charge is 0.331 e. The summed E-state index contributed by atoms with van der Waals surface area (Å²) in [6, 6.07) is 19.6. The summed E-state index contributed by atoms with van der Waals surface area (Å²) in [6.45, 7) is 1.84. The lowest BCUT2D eigenvalue weighted by molar-refractivity contribution is 0.249. The molecule has 0 radical (unpaired) electrons. The predicted octanol–water partition coefficient (Wildman–Crippen LogP) is 4.13. The Morgan fingerprint density at radius 2 is 1.58 bits per heavy atom. The molecule has 134 valence electrons. The van der Waals surface area contributed by atoms with Gasteiger partial charge in [0.1, 0.15) is 0 Å². The number of hydrogen-bond acceptors (Lipinski definition) is 3. The lowest BCUT2D eigenvalue weighted by atomic mass is 10.1. The summed E-state index contributed by atoms with van der Waals surface area (Å²) in [5.74, 6) is 0. The van der Waals surface area contributed by atoms with Crippen LogP contribution in [-0.4, -0.2) is 20.7 Å². The van der Waals surface area contributed by atoms with E-state index in [0.29, 0.717) is 5.69 Å². The van der Waals surface area contributed by atoms with Gasteiger partial charge in [0.25, 0.3) is 0 Å². The van der Waals surface area contributed by atoms with Gasteiger partial charge in [-0.05, 0) is 47.5 Å². The van der Waals surface area contributed by atoms with Crippen molar-refractivity contribution in [2.75, 3.05) is 11.6 Å². The molecule has 0 saturated carbocycles. The zero-order valence-corrected chi connectivity index (χ0v) is 15.4. The van der Waals surface area contributed by atoms with Crippen LogP contribution in [0, 0.1) is 0 Å². The SMILES string of the molecule is CC(NC(=O)Nc1ccc2ccccc2c1)c1ccc(S(C)(=O)=O)cc1. The third-order valence-electron chi connectivity index (χ3n) is 4.16. The summed E-state index contributed by atoms with van der Waals surface area (Å²) in [5.41, 5.74) is 1.53. The van der Waals surface area contributed by atoms with E-state index in [1.807, 2.05) is 49.4 Å². The van der Waals surface area contributed by atoms with Crippen molar-refractivity contribution in [2.24, 2.45) is 0 Å². The molecule has 0 aliphatic rings. The first-order chi connectivity index (χ1) is 12.3. The Kier molecular flexibility index (Phi) is 4.95. The van der Waals surface area contributed by atoms with Crippen molar-refractivity contribution >= 4 is 32.3 Å². The first-order valence-electron chi connectivity index (χ1n) is 8.19. The maximum Gasteiger partial charge on any atom is 0.319 e. The number of carbonyl (C=O) groups excluding carboxylic acids is 1. The number of sulfone groups is 1. The molecule has 3 aromatic rings. The third kappa shape index (κ3) is 4.21. The third-order valence-corrected chi connectivity index (χ3v) is 5.29. The minimum Gasteiger partial charge on any atom is -0.331 e. The molecule has 0 aliphatic carbocycles. The molecule has 0 fully saturated rings. The average molecular weight is 368 g/mol. The van der Waals surface area contributed by atoms with Gasteiger partial charge in [0.15, 0.2) is 9.84 Å². The van der Waals surface area contributed by atoms with Crippen LogP contribution >= 0.6 is 0 Å². The second-order valence-electron chi connectivity index (χ2n) is 6.22. The average Bonchev–Trinajstić information content (AvgIpc) is 2.61. The Bertz CT molecular complexity index is 1040. The number of hydrogen-bond donors (Lipinski definition) is 2. The Morgan fingerprint density at radius 3 is 2.23 bits per heavy atom. The summed E-state index contributed by atoms with van der Waals surface area (Å²) < 4.78 is 23.0. The van der Waals surface area contributed by atoms with Crippen molar-refractivity contribution in [3.63, 3.8) is 0 Å². The Balaban J connectivity index is 1.66. The molecule has 0 spiro atoms. The van der Waals surface area contributed by atoms with E-state index in [9.17, 15) is 13.2 Å². The van der Waals surface area contributed by atoms with Gasteiger partial charge in [-0.25, -0.2) is 13.2 Å². The summed E-state index contributed by atoms with van der Waals surface area (Å²) >= 11 is 0. The topological polar surface area (TPSA) is 75.3 Å². The molecule has 0 heterocycles. The van der Waals surface area contributed by atoms with Gasteiger partial charge in [0, 0.05) is 11.9 Å². The summed E-state index contributed by atoms with van der Waals surface area (Å²) in [7, 11) is -3.23. The molecule has 0 bridgehead atoms. The molecule has 0 saturated heterocycles. The summed E-state index contributed by atoms with van der Waals surface area (Å²) in [4.78, 5) is 12.5. The standard InChI is InChI=1S/C20H20N2O3S/c1-14(15-8-11-19(12-9-15)26(2,24)25)21-20(23)22-18-10-7-16-5-3-4-6-17(16)13-18/h3-14H,1-2H3,(H2,21,22,23). The molecular weight excluding hydrogens is 348 g/mol. The highest BCUT2D eigenvalue weighted by Crippen LogP contribution is 2.20. The van der Waals surface area contributed by atoms with E-state index in [1.54, 1.807) is 24.3 Å². The van der Waals surface area contributed by atoms with Gasteiger partial charge in [0.05, 0.1) is 10.9 Å². The van der Waals surface area contributed by atoms with Crippen LogP contribution in [0.2, 0.25) is 0 Å². The van der Waals surface area contributed by atoms with Gasteiger partial charge in [-0.15, -0.1) is 0 Å². The fraction of sp³-hybridized carbons (Fsp3) is 0.150. The van der Waals surface area contributed by atoms with E-state index >= 15 is 0 Å². The molecule has 2 N–H and O–H groups in total. The lowest BCUT2D eigenvalue weighted by Gasteiger charge is -2.15. The number of benzene rings is 3. The minimum absolute atomic E-state index is 0.258.